The number of hydrogen-bond donors (Lipinski definition) is 1. The van der Waals surface area contributed by atoms with Crippen LogP contribution in [0.25, 0.3) is 37.1 Å². The zero-order chi connectivity index (χ0) is 30.0. The molecule has 6 aromatic rings. The van der Waals surface area contributed by atoms with Crippen LogP contribution in [0.4, 0.5) is 18.9 Å². The maximum absolute atomic E-state index is 13.8. The number of alkyl halides is 3. The third kappa shape index (κ3) is 4.53. The van der Waals surface area contributed by atoms with Crippen LogP contribution >= 0.6 is 22.9 Å². The van der Waals surface area contributed by atoms with Crippen molar-refractivity contribution in [3.8, 4) is 21.9 Å². The lowest BCUT2D eigenvalue weighted by Crippen LogP contribution is -2.35. The van der Waals surface area contributed by atoms with Crippen LogP contribution in [0.5, 0.6) is 5.75 Å². The maximum atomic E-state index is 13.8. The van der Waals surface area contributed by atoms with E-state index in [9.17, 15) is 22.8 Å². The molecule has 0 saturated carbocycles. The number of anilines is 1. The molecule has 0 radical (unpaired) electrons. The molecule has 0 amide bonds. The van der Waals surface area contributed by atoms with Crippen LogP contribution in [0.15, 0.2) is 64.4 Å². The van der Waals surface area contributed by atoms with E-state index in [1.54, 1.807) is 49.7 Å². The zero-order valence-electron chi connectivity index (χ0n) is 22.1. The molecule has 0 atom stereocenters. The highest BCUT2D eigenvalue weighted by atomic mass is 35.5. The average molecular weight is 626 g/mol. The molecular weight excluding hydrogens is 607 g/mol. The quantitative estimate of drug-likeness (QED) is 0.285. The molecule has 0 spiro atoms. The SMILES string of the molecule is COc1ccc(Cl)c(-c2cc3[nH]c(=O)n(-c4cncc5ccc(N6CCn7c(nnc7C(F)(F)F)C6)cc45)c(=O)c3s2)c1. The van der Waals surface area contributed by atoms with Gasteiger partial charge in [0.15, 0.2) is 5.82 Å². The van der Waals surface area contributed by atoms with Crippen molar-refractivity contribution >= 4 is 49.6 Å². The van der Waals surface area contributed by atoms with Crippen molar-refractivity contribution in [3.63, 3.8) is 0 Å². The molecule has 0 unspecified atom stereocenters. The van der Waals surface area contributed by atoms with Crippen molar-refractivity contribution in [1.29, 1.82) is 0 Å². The Morgan fingerprint density at radius 1 is 1.05 bits per heavy atom. The second kappa shape index (κ2) is 9.95. The number of hydrogen-bond acceptors (Lipinski definition) is 8. The Labute approximate surface area is 248 Å². The van der Waals surface area contributed by atoms with Gasteiger partial charge < -0.3 is 19.2 Å². The number of aromatic nitrogens is 6. The van der Waals surface area contributed by atoms with Gasteiger partial charge in [-0.05, 0) is 36.4 Å². The molecule has 15 heteroatoms. The zero-order valence-corrected chi connectivity index (χ0v) is 23.7. The molecule has 1 aliphatic heterocycles. The Morgan fingerprint density at radius 2 is 1.88 bits per heavy atom. The van der Waals surface area contributed by atoms with E-state index in [2.05, 4.69) is 20.2 Å². The largest absolute Gasteiger partial charge is 0.497 e. The molecule has 4 aromatic heterocycles. The van der Waals surface area contributed by atoms with Crippen LogP contribution in [0, 0.1) is 0 Å². The number of rotatable bonds is 4. The van der Waals surface area contributed by atoms with Gasteiger partial charge in [-0.15, -0.1) is 21.5 Å². The van der Waals surface area contributed by atoms with E-state index in [1.807, 2.05) is 11.0 Å². The summed E-state index contributed by atoms with van der Waals surface area (Å²) in [5, 5.41) is 8.80. The molecule has 10 nitrogen and oxygen atoms in total. The first-order chi connectivity index (χ1) is 20.6. The molecular formula is C28H19ClF3N7O3S. The molecule has 0 fully saturated rings. The van der Waals surface area contributed by atoms with Crippen LogP contribution < -0.4 is 20.9 Å². The summed E-state index contributed by atoms with van der Waals surface area (Å²) in [5.74, 6) is -0.236. The summed E-state index contributed by atoms with van der Waals surface area (Å²) < 4.78 is 47.6. The Bertz CT molecular complexity index is 2190. The monoisotopic (exact) mass is 625 g/mol. The van der Waals surface area contributed by atoms with Crippen molar-refractivity contribution in [3.05, 3.63) is 92.4 Å². The minimum absolute atomic E-state index is 0.0478. The molecule has 1 N–H and O–H groups in total. The normalized spacial score (nSPS) is 13.6. The first-order valence-corrected chi connectivity index (χ1v) is 14.1. The second-order valence-corrected chi connectivity index (χ2v) is 11.3. The number of fused-ring (bicyclic) bond motifs is 3. The van der Waals surface area contributed by atoms with Gasteiger partial charge in [0, 0.05) is 51.2 Å². The van der Waals surface area contributed by atoms with Gasteiger partial charge in [-0.1, -0.05) is 17.7 Å². The number of nitrogens with one attached hydrogen (secondary N) is 1. The van der Waals surface area contributed by atoms with Crippen LogP contribution in [0.3, 0.4) is 0 Å². The van der Waals surface area contributed by atoms with Gasteiger partial charge in [0.2, 0.25) is 5.82 Å². The average Bonchev–Trinajstić information content (AvgIpc) is 3.62. The fourth-order valence-electron chi connectivity index (χ4n) is 5.28. The van der Waals surface area contributed by atoms with E-state index in [-0.39, 0.29) is 31.1 Å². The van der Waals surface area contributed by atoms with Gasteiger partial charge in [-0.25, -0.2) is 9.36 Å². The summed E-state index contributed by atoms with van der Waals surface area (Å²) in [6.07, 6.45) is -1.55. The summed E-state index contributed by atoms with van der Waals surface area (Å²) in [5.41, 5.74) is 0.796. The van der Waals surface area contributed by atoms with Crippen molar-refractivity contribution in [2.45, 2.75) is 19.3 Å². The predicted molar refractivity (Wildman–Crippen MR) is 156 cm³/mol. The van der Waals surface area contributed by atoms with E-state index in [0.717, 1.165) is 9.13 Å². The number of H-pyrrole nitrogens is 1. The number of halogens is 4. The number of ether oxygens (including phenoxy) is 1. The van der Waals surface area contributed by atoms with E-state index in [0.29, 0.717) is 47.9 Å². The Morgan fingerprint density at radius 3 is 2.67 bits per heavy atom. The smallest absolute Gasteiger partial charge is 0.451 e. The minimum atomic E-state index is -4.59. The number of pyridine rings is 1. The van der Waals surface area contributed by atoms with E-state index >= 15 is 0 Å². The summed E-state index contributed by atoms with van der Waals surface area (Å²) in [6.45, 7) is 0.426. The number of methoxy groups -OCH3 is 1. The molecule has 2 aromatic carbocycles. The van der Waals surface area contributed by atoms with Crippen molar-refractivity contribution < 1.29 is 17.9 Å². The predicted octanol–water partition coefficient (Wildman–Crippen LogP) is 5.25. The lowest BCUT2D eigenvalue weighted by atomic mass is 10.1. The highest BCUT2D eigenvalue weighted by molar-refractivity contribution is 7.22. The highest BCUT2D eigenvalue weighted by Gasteiger charge is 2.39. The Hall–Kier alpha value is -4.69. The van der Waals surface area contributed by atoms with Gasteiger partial charge in [-0.2, -0.15) is 13.2 Å². The van der Waals surface area contributed by atoms with Crippen LogP contribution in [-0.4, -0.2) is 43.0 Å². The highest BCUT2D eigenvalue weighted by Crippen LogP contribution is 2.37. The van der Waals surface area contributed by atoms with Crippen molar-refractivity contribution in [2.24, 2.45) is 0 Å². The molecule has 1 aliphatic rings. The summed E-state index contributed by atoms with van der Waals surface area (Å²) in [4.78, 5) is 36.7. The van der Waals surface area contributed by atoms with Gasteiger partial charge in [-0.3, -0.25) is 9.78 Å². The number of benzene rings is 2. The molecule has 43 heavy (non-hydrogen) atoms. The van der Waals surface area contributed by atoms with E-state index in [1.165, 1.54) is 17.5 Å². The number of nitrogens with zero attached hydrogens (tertiary/aromatic N) is 6. The van der Waals surface area contributed by atoms with Gasteiger partial charge >= 0.3 is 11.9 Å². The number of aromatic amines is 1. The Kier molecular flexibility index (Phi) is 6.29. The molecule has 0 bridgehead atoms. The minimum Gasteiger partial charge on any atom is -0.497 e. The van der Waals surface area contributed by atoms with Crippen LogP contribution in [0.1, 0.15) is 11.6 Å². The van der Waals surface area contributed by atoms with Crippen LogP contribution in [0.2, 0.25) is 5.02 Å². The fraction of sp³-hybridized carbons (Fsp3) is 0.179. The Balaban J connectivity index is 1.32. The van der Waals surface area contributed by atoms with Crippen molar-refractivity contribution in [2.75, 3.05) is 18.6 Å². The summed E-state index contributed by atoms with van der Waals surface area (Å²) >= 11 is 7.62. The standard InChI is InChI=1S/C28H19ClF3N7O3S/c1-42-16-4-5-19(29)18(9-16)22-10-20-24(43-22)25(40)39(27(41)34-20)21-12-33-11-14-2-3-15(8-17(14)21)37-6-7-38-23(13-37)35-36-26(38)28(30,31)32/h2-5,8-12H,6-7,13H2,1H3,(H,34,41). The number of thiophene rings is 1. The van der Waals surface area contributed by atoms with E-state index < -0.39 is 23.2 Å². The first-order valence-electron chi connectivity index (χ1n) is 12.9. The maximum Gasteiger partial charge on any atom is 0.451 e. The third-order valence-corrected chi connectivity index (χ3v) is 8.84. The second-order valence-electron chi connectivity index (χ2n) is 9.84. The molecule has 0 saturated heterocycles. The van der Waals surface area contributed by atoms with Gasteiger partial charge in [0.05, 0.1) is 31.1 Å². The summed E-state index contributed by atoms with van der Waals surface area (Å²) in [7, 11) is 1.54. The molecule has 218 valence electrons. The topological polar surface area (TPSA) is 111 Å². The first kappa shape index (κ1) is 27.2. The summed E-state index contributed by atoms with van der Waals surface area (Å²) in [6, 6.07) is 12.3. The van der Waals surface area contributed by atoms with Crippen molar-refractivity contribution in [1.82, 2.24) is 29.3 Å². The molecule has 7 rings (SSSR count). The lowest BCUT2D eigenvalue weighted by Gasteiger charge is -2.30. The third-order valence-electron chi connectivity index (χ3n) is 7.35. The lowest BCUT2D eigenvalue weighted by molar-refractivity contribution is -0.147. The fourth-order valence-corrected chi connectivity index (χ4v) is 6.63. The van der Waals surface area contributed by atoms with E-state index in [4.69, 9.17) is 16.3 Å². The molecule has 0 aliphatic carbocycles. The molecule has 5 heterocycles. The van der Waals surface area contributed by atoms with Gasteiger partial charge in [0.1, 0.15) is 10.4 Å². The van der Waals surface area contributed by atoms with Gasteiger partial charge in [0.25, 0.3) is 5.56 Å². The van der Waals surface area contributed by atoms with Crippen LogP contribution in [-0.2, 0) is 19.3 Å².